The highest BCUT2D eigenvalue weighted by Crippen LogP contribution is 2.13. The minimum absolute atomic E-state index is 0.225. The zero-order valence-electron chi connectivity index (χ0n) is 13.7. The Hall–Kier alpha value is -3.42. The fourth-order valence-corrected chi connectivity index (χ4v) is 2.17. The third-order valence-corrected chi connectivity index (χ3v) is 3.41. The number of anilines is 1. The number of hydrogen-bond donors (Lipinski definition) is 1. The van der Waals surface area contributed by atoms with Gasteiger partial charge in [0, 0.05) is 11.8 Å². The van der Waals surface area contributed by atoms with Crippen LogP contribution in [-0.2, 0) is 9.53 Å². The van der Waals surface area contributed by atoms with Crippen LogP contribution in [0.2, 0.25) is 0 Å². The monoisotopic (exact) mass is 340 g/mol. The molecule has 1 atom stereocenters. The van der Waals surface area contributed by atoms with E-state index in [0.717, 1.165) is 5.69 Å². The summed E-state index contributed by atoms with van der Waals surface area (Å²) in [5, 5.41) is 6.18. The van der Waals surface area contributed by atoms with Gasteiger partial charge in [-0.15, -0.1) is 0 Å². The van der Waals surface area contributed by atoms with Gasteiger partial charge in [0.15, 0.2) is 17.6 Å². The van der Waals surface area contributed by atoms with Crippen LogP contribution in [0.15, 0.2) is 53.4 Å². The summed E-state index contributed by atoms with van der Waals surface area (Å²) in [5.74, 6) is -0.334. The van der Waals surface area contributed by atoms with Crippen LogP contribution in [-0.4, -0.2) is 32.7 Å². The quantitative estimate of drug-likeness (QED) is 0.716. The number of para-hydroxylation sites is 1. The number of aryl methyl sites for hydroxylation is 1. The Bertz CT molecular complexity index is 885. The van der Waals surface area contributed by atoms with Crippen molar-refractivity contribution in [1.82, 2.24) is 14.7 Å². The van der Waals surface area contributed by atoms with Crippen molar-refractivity contribution in [3.05, 3.63) is 60.4 Å². The van der Waals surface area contributed by atoms with Crippen molar-refractivity contribution in [1.29, 1.82) is 0 Å². The third kappa shape index (κ3) is 3.74. The molecular formula is C17H16N4O4. The number of benzene rings is 1. The highest BCUT2D eigenvalue weighted by molar-refractivity contribution is 5.96. The van der Waals surface area contributed by atoms with Crippen molar-refractivity contribution in [2.75, 3.05) is 5.32 Å². The lowest BCUT2D eigenvalue weighted by Gasteiger charge is -2.13. The molecule has 0 fully saturated rings. The van der Waals surface area contributed by atoms with E-state index in [4.69, 9.17) is 9.26 Å². The smallest absolute Gasteiger partial charge is 0.357 e. The molecule has 1 aromatic carbocycles. The highest BCUT2D eigenvalue weighted by Gasteiger charge is 2.22. The predicted molar refractivity (Wildman–Crippen MR) is 88.3 cm³/mol. The van der Waals surface area contributed by atoms with Crippen molar-refractivity contribution in [2.45, 2.75) is 20.0 Å². The lowest BCUT2D eigenvalue weighted by molar-refractivity contribution is -0.123. The molecule has 1 N–H and O–H groups in total. The molecule has 0 aliphatic rings. The first-order valence-corrected chi connectivity index (χ1v) is 7.57. The minimum atomic E-state index is -1.01. The highest BCUT2D eigenvalue weighted by atomic mass is 16.5. The summed E-state index contributed by atoms with van der Waals surface area (Å²) in [6.45, 7) is 3.18. The number of ether oxygens (including phenoxy) is 1. The van der Waals surface area contributed by atoms with Gasteiger partial charge in [0.2, 0.25) is 0 Å². The van der Waals surface area contributed by atoms with Gasteiger partial charge >= 0.3 is 5.97 Å². The van der Waals surface area contributed by atoms with Gasteiger partial charge in [-0.1, -0.05) is 23.4 Å². The van der Waals surface area contributed by atoms with Crippen molar-refractivity contribution < 1.29 is 18.8 Å². The van der Waals surface area contributed by atoms with Gasteiger partial charge in [-0.05, 0) is 26.0 Å². The minimum Gasteiger partial charge on any atom is -0.448 e. The van der Waals surface area contributed by atoms with E-state index in [1.807, 2.05) is 30.3 Å². The Kier molecular flexibility index (Phi) is 4.60. The normalized spacial score (nSPS) is 11.8. The van der Waals surface area contributed by atoms with E-state index in [1.165, 1.54) is 19.4 Å². The molecule has 0 saturated heterocycles. The number of nitrogens with one attached hydrogen (secondary N) is 1. The van der Waals surface area contributed by atoms with E-state index in [2.05, 4.69) is 15.5 Å². The van der Waals surface area contributed by atoms with Gasteiger partial charge in [-0.2, -0.15) is 0 Å². The molecule has 0 bridgehead atoms. The number of hydrogen-bond acceptors (Lipinski definition) is 6. The number of imidazole rings is 1. The van der Waals surface area contributed by atoms with Crippen LogP contribution in [0.3, 0.4) is 0 Å². The average molecular weight is 340 g/mol. The Balaban J connectivity index is 1.68. The van der Waals surface area contributed by atoms with Crippen molar-refractivity contribution in [3.63, 3.8) is 0 Å². The van der Waals surface area contributed by atoms with Crippen LogP contribution in [0.4, 0.5) is 5.82 Å². The van der Waals surface area contributed by atoms with Crippen LogP contribution >= 0.6 is 0 Å². The lowest BCUT2D eigenvalue weighted by atomic mass is 10.3. The molecule has 0 aliphatic carbocycles. The Morgan fingerprint density at radius 1 is 1.28 bits per heavy atom. The van der Waals surface area contributed by atoms with Crippen molar-refractivity contribution in [2.24, 2.45) is 0 Å². The first kappa shape index (κ1) is 16.4. The fourth-order valence-electron chi connectivity index (χ4n) is 2.17. The van der Waals surface area contributed by atoms with Crippen LogP contribution in [0.25, 0.3) is 5.69 Å². The molecule has 8 heteroatoms. The van der Waals surface area contributed by atoms with Crippen molar-refractivity contribution in [3.8, 4) is 5.69 Å². The number of amides is 1. The maximum absolute atomic E-state index is 12.4. The summed E-state index contributed by atoms with van der Waals surface area (Å²) >= 11 is 0. The summed E-state index contributed by atoms with van der Waals surface area (Å²) in [7, 11) is 0. The third-order valence-electron chi connectivity index (χ3n) is 3.41. The van der Waals surface area contributed by atoms with Crippen LogP contribution in [0.1, 0.15) is 23.2 Å². The first-order chi connectivity index (χ1) is 12.0. The summed E-state index contributed by atoms with van der Waals surface area (Å²) in [4.78, 5) is 28.4. The van der Waals surface area contributed by atoms with Gasteiger partial charge in [0.1, 0.15) is 5.76 Å². The maximum Gasteiger partial charge on any atom is 0.357 e. The number of carbonyl (C=O) groups excluding carboxylic acids is 2. The zero-order valence-corrected chi connectivity index (χ0v) is 13.7. The van der Waals surface area contributed by atoms with E-state index < -0.39 is 18.0 Å². The van der Waals surface area contributed by atoms with E-state index in [0.29, 0.717) is 5.76 Å². The molecule has 1 amide bonds. The zero-order chi connectivity index (χ0) is 17.8. The number of aromatic nitrogens is 3. The molecule has 1 unspecified atom stereocenters. The number of nitrogens with zero attached hydrogens (tertiary/aromatic N) is 3. The van der Waals surface area contributed by atoms with E-state index in [1.54, 1.807) is 17.6 Å². The van der Waals surface area contributed by atoms with Gasteiger partial charge in [0.25, 0.3) is 5.91 Å². The van der Waals surface area contributed by atoms with Crippen LogP contribution < -0.4 is 5.32 Å². The Labute approximate surface area is 143 Å². The van der Waals surface area contributed by atoms with Gasteiger partial charge in [0.05, 0.1) is 12.5 Å². The molecule has 25 heavy (non-hydrogen) atoms. The maximum atomic E-state index is 12.4. The molecule has 8 nitrogen and oxygen atoms in total. The van der Waals surface area contributed by atoms with Crippen molar-refractivity contribution >= 4 is 17.7 Å². The predicted octanol–water partition coefficient (Wildman–Crippen LogP) is 2.35. The summed E-state index contributed by atoms with van der Waals surface area (Å²) < 4.78 is 11.7. The molecule has 2 heterocycles. The van der Waals surface area contributed by atoms with E-state index in [-0.39, 0.29) is 11.5 Å². The number of carbonyl (C=O) groups is 2. The van der Waals surface area contributed by atoms with E-state index >= 15 is 0 Å². The molecule has 3 aromatic rings. The second kappa shape index (κ2) is 7.00. The SMILES string of the molecule is Cc1cc(NC(=O)C(C)OC(=O)c2cncn2-c2ccccc2)no1. The summed E-state index contributed by atoms with van der Waals surface area (Å²) in [5.41, 5.74) is 0.991. The molecule has 0 saturated carbocycles. The molecular weight excluding hydrogens is 324 g/mol. The molecule has 0 radical (unpaired) electrons. The summed E-state index contributed by atoms with van der Waals surface area (Å²) in [6.07, 6.45) is 1.89. The number of rotatable bonds is 5. The average Bonchev–Trinajstić information content (AvgIpc) is 3.24. The van der Waals surface area contributed by atoms with E-state index in [9.17, 15) is 9.59 Å². The first-order valence-electron chi connectivity index (χ1n) is 7.57. The Morgan fingerprint density at radius 3 is 2.72 bits per heavy atom. The van der Waals surface area contributed by atoms with Crippen LogP contribution in [0.5, 0.6) is 0 Å². The second-order valence-electron chi connectivity index (χ2n) is 5.34. The largest absolute Gasteiger partial charge is 0.448 e. The lowest BCUT2D eigenvalue weighted by Crippen LogP contribution is -2.30. The van der Waals surface area contributed by atoms with Gasteiger partial charge in [-0.25, -0.2) is 9.78 Å². The molecule has 0 spiro atoms. The fraction of sp³-hybridized carbons (Fsp3) is 0.176. The standard InChI is InChI=1S/C17H16N4O4/c1-11-8-15(20-25-11)19-16(22)12(2)24-17(23)14-9-18-10-21(14)13-6-4-3-5-7-13/h3-10,12H,1-2H3,(H,19,20,22). The van der Waals surface area contributed by atoms with Crippen LogP contribution in [0, 0.1) is 6.92 Å². The van der Waals surface area contributed by atoms with Gasteiger partial charge < -0.3 is 14.6 Å². The number of esters is 1. The molecule has 2 aromatic heterocycles. The topological polar surface area (TPSA) is 99.2 Å². The molecule has 128 valence electrons. The Morgan fingerprint density at radius 2 is 2.04 bits per heavy atom. The molecule has 0 aliphatic heterocycles. The second-order valence-corrected chi connectivity index (χ2v) is 5.34. The van der Waals surface area contributed by atoms with Gasteiger partial charge in [-0.3, -0.25) is 9.36 Å². The summed E-state index contributed by atoms with van der Waals surface area (Å²) in [6, 6.07) is 10.8. The molecule has 3 rings (SSSR count).